The van der Waals surface area contributed by atoms with Gasteiger partial charge in [0, 0.05) is 18.6 Å². The number of hydrogen-bond acceptors (Lipinski definition) is 3. The molecule has 0 bridgehead atoms. The molecule has 0 atom stereocenters. The average Bonchev–Trinajstić information content (AvgIpc) is 2.38. The molecule has 1 rings (SSSR count). The third-order valence-corrected chi connectivity index (χ3v) is 4.31. The van der Waals surface area contributed by atoms with E-state index < -0.39 is 0 Å². The van der Waals surface area contributed by atoms with Gasteiger partial charge in [0.2, 0.25) is 5.91 Å². The van der Waals surface area contributed by atoms with Gasteiger partial charge in [-0.3, -0.25) is 9.69 Å². The normalized spacial score (nSPS) is 18.1. The van der Waals surface area contributed by atoms with Crippen molar-refractivity contribution < 1.29 is 9.90 Å². The minimum Gasteiger partial charge on any atom is -0.394 e. The predicted molar refractivity (Wildman–Crippen MR) is 73.4 cm³/mol. The third kappa shape index (κ3) is 3.95. The molecule has 18 heavy (non-hydrogen) atoms. The van der Waals surface area contributed by atoms with E-state index >= 15 is 0 Å². The van der Waals surface area contributed by atoms with Crippen LogP contribution < -0.4 is 0 Å². The number of amides is 1. The average molecular weight is 256 g/mol. The molecule has 0 aromatic carbocycles. The molecule has 0 aromatic heterocycles. The summed E-state index contributed by atoms with van der Waals surface area (Å²) in [6.07, 6.45) is 6.04. The number of hydrogen-bond donors (Lipinski definition) is 1. The highest BCUT2D eigenvalue weighted by Crippen LogP contribution is 2.22. The first kappa shape index (κ1) is 15.4. The minimum atomic E-state index is -0.344. The van der Waals surface area contributed by atoms with Gasteiger partial charge in [-0.1, -0.05) is 19.3 Å². The summed E-state index contributed by atoms with van der Waals surface area (Å²) in [6, 6.07) is 0.414. The summed E-state index contributed by atoms with van der Waals surface area (Å²) in [4.78, 5) is 16.0. The van der Waals surface area contributed by atoms with Crippen molar-refractivity contribution in [1.29, 1.82) is 0 Å². The zero-order chi connectivity index (χ0) is 13.8. The van der Waals surface area contributed by atoms with Gasteiger partial charge in [0.25, 0.3) is 0 Å². The molecule has 0 aromatic rings. The zero-order valence-electron chi connectivity index (χ0n) is 12.3. The second-order valence-electron chi connectivity index (χ2n) is 6.12. The number of nitrogens with zero attached hydrogens (tertiary/aromatic N) is 2. The molecule has 4 heteroatoms. The van der Waals surface area contributed by atoms with Gasteiger partial charge in [0.1, 0.15) is 0 Å². The molecule has 0 radical (unpaired) electrons. The Morgan fingerprint density at radius 2 is 1.78 bits per heavy atom. The van der Waals surface area contributed by atoms with Crippen LogP contribution in [0.5, 0.6) is 0 Å². The van der Waals surface area contributed by atoms with Gasteiger partial charge < -0.3 is 10.0 Å². The fourth-order valence-corrected chi connectivity index (χ4v) is 2.32. The molecule has 0 unspecified atom stereocenters. The molecular formula is C14H28N2O2. The predicted octanol–water partition coefficient (Wildman–Crippen LogP) is 1.48. The standard InChI is InChI=1S/C14H28N2O2/c1-14(2,11-17)15(3)10-13(18)16(4)12-8-6-5-7-9-12/h12,17H,5-11H2,1-4H3. The second kappa shape index (κ2) is 6.53. The van der Waals surface area contributed by atoms with E-state index in [2.05, 4.69) is 0 Å². The number of carbonyl (C=O) groups excluding carboxylic acids is 1. The van der Waals surface area contributed by atoms with E-state index in [0.29, 0.717) is 12.6 Å². The summed E-state index contributed by atoms with van der Waals surface area (Å²) in [5, 5.41) is 9.30. The zero-order valence-corrected chi connectivity index (χ0v) is 12.3. The summed E-state index contributed by atoms with van der Waals surface area (Å²) in [5.74, 6) is 0.158. The van der Waals surface area contributed by atoms with Crippen LogP contribution >= 0.6 is 0 Å². The molecule has 0 saturated heterocycles. The van der Waals surface area contributed by atoms with Crippen LogP contribution in [-0.2, 0) is 4.79 Å². The molecule has 1 amide bonds. The molecule has 0 spiro atoms. The van der Waals surface area contributed by atoms with Crippen LogP contribution in [0.15, 0.2) is 0 Å². The van der Waals surface area contributed by atoms with Gasteiger partial charge in [-0.2, -0.15) is 0 Å². The Labute approximate surface area is 111 Å². The Balaban J connectivity index is 2.48. The highest BCUT2D eigenvalue weighted by atomic mass is 16.3. The monoisotopic (exact) mass is 256 g/mol. The van der Waals surface area contributed by atoms with Crippen LogP contribution in [0.4, 0.5) is 0 Å². The molecule has 1 aliphatic carbocycles. The van der Waals surface area contributed by atoms with Crippen molar-refractivity contribution >= 4 is 5.91 Å². The SMILES string of the molecule is CN(C(=O)CN(C)C(C)(C)CO)C1CCCCC1. The second-order valence-corrected chi connectivity index (χ2v) is 6.12. The van der Waals surface area contributed by atoms with Gasteiger partial charge in [-0.25, -0.2) is 0 Å². The molecule has 0 aliphatic heterocycles. The van der Waals surface area contributed by atoms with Crippen molar-refractivity contribution in [2.24, 2.45) is 0 Å². The van der Waals surface area contributed by atoms with Crippen molar-refractivity contribution in [3.63, 3.8) is 0 Å². The van der Waals surface area contributed by atoms with Gasteiger partial charge in [-0.05, 0) is 33.7 Å². The topological polar surface area (TPSA) is 43.8 Å². The lowest BCUT2D eigenvalue weighted by Gasteiger charge is -2.36. The van der Waals surface area contributed by atoms with Crippen LogP contribution in [0.3, 0.4) is 0 Å². The summed E-state index contributed by atoms with van der Waals surface area (Å²) in [7, 11) is 3.81. The molecule has 4 nitrogen and oxygen atoms in total. The molecule has 0 heterocycles. The summed E-state index contributed by atoms with van der Waals surface area (Å²) in [5.41, 5.74) is -0.344. The molecule has 1 saturated carbocycles. The fraction of sp³-hybridized carbons (Fsp3) is 0.929. The van der Waals surface area contributed by atoms with Crippen LogP contribution in [0.1, 0.15) is 46.0 Å². The summed E-state index contributed by atoms with van der Waals surface area (Å²) in [6.45, 7) is 4.33. The van der Waals surface area contributed by atoms with E-state index in [1.165, 1.54) is 19.3 Å². The Hall–Kier alpha value is -0.610. The maximum atomic E-state index is 12.2. The van der Waals surface area contributed by atoms with E-state index in [1.54, 1.807) is 0 Å². The summed E-state index contributed by atoms with van der Waals surface area (Å²) >= 11 is 0. The largest absolute Gasteiger partial charge is 0.394 e. The summed E-state index contributed by atoms with van der Waals surface area (Å²) < 4.78 is 0. The quantitative estimate of drug-likeness (QED) is 0.810. The number of aliphatic hydroxyl groups is 1. The van der Waals surface area contributed by atoms with Crippen LogP contribution in [-0.4, -0.2) is 59.6 Å². The van der Waals surface area contributed by atoms with Crippen molar-refractivity contribution in [2.75, 3.05) is 27.2 Å². The maximum Gasteiger partial charge on any atom is 0.236 e. The van der Waals surface area contributed by atoms with Crippen molar-refractivity contribution in [1.82, 2.24) is 9.80 Å². The number of rotatable bonds is 5. The molecule has 1 aliphatic rings. The first-order chi connectivity index (χ1) is 8.38. The highest BCUT2D eigenvalue weighted by Gasteiger charge is 2.27. The first-order valence-corrected chi connectivity index (χ1v) is 6.96. The van der Waals surface area contributed by atoms with Crippen molar-refractivity contribution in [2.45, 2.75) is 57.5 Å². The van der Waals surface area contributed by atoms with Crippen LogP contribution in [0.2, 0.25) is 0 Å². The Bertz CT molecular complexity index is 273. The van der Waals surface area contributed by atoms with Gasteiger partial charge in [0.05, 0.1) is 13.2 Å². The smallest absolute Gasteiger partial charge is 0.236 e. The van der Waals surface area contributed by atoms with Crippen LogP contribution in [0.25, 0.3) is 0 Å². The van der Waals surface area contributed by atoms with Crippen molar-refractivity contribution in [3.8, 4) is 0 Å². The van der Waals surface area contributed by atoms with E-state index in [1.807, 2.05) is 37.7 Å². The minimum absolute atomic E-state index is 0.0594. The Morgan fingerprint density at radius 3 is 2.28 bits per heavy atom. The lowest BCUT2D eigenvalue weighted by molar-refractivity contribution is -0.135. The lowest BCUT2D eigenvalue weighted by Crippen LogP contribution is -2.50. The number of carbonyl (C=O) groups is 1. The molecule has 1 fully saturated rings. The first-order valence-electron chi connectivity index (χ1n) is 6.96. The molecule has 1 N–H and O–H groups in total. The third-order valence-electron chi connectivity index (χ3n) is 4.31. The highest BCUT2D eigenvalue weighted by molar-refractivity contribution is 5.78. The lowest BCUT2D eigenvalue weighted by atomic mass is 9.94. The van der Waals surface area contributed by atoms with E-state index in [0.717, 1.165) is 12.8 Å². The fourth-order valence-electron chi connectivity index (χ4n) is 2.32. The molecular weight excluding hydrogens is 228 g/mol. The van der Waals surface area contributed by atoms with Gasteiger partial charge in [0.15, 0.2) is 0 Å². The number of aliphatic hydroxyl groups excluding tert-OH is 1. The van der Waals surface area contributed by atoms with Crippen molar-refractivity contribution in [3.05, 3.63) is 0 Å². The van der Waals surface area contributed by atoms with Crippen LogP contribution in [0, 0.1) is 0 Å². The number of likely N-dealkylation sites (N-methyl/N-ethyl adjacent to an activating group) is 2. The Kier molecular flexibility index (Phi) is 5.60. The van der Waals surface area contributed by atoms with E-state index in [4.69, 9.17) is 0 Å². The van der Waals surface area contributed by atoms with Gasteiger partial charge >= 0.3 is 0 Å². The van der Waals surface area contributed by atoms with E-state index in [9.17, 15) is 9.90 Å². The Morgan fingerprint density at radius 1 is 1.22 bits per heavy atom. The maximum absolute atomic E-state index is 12.2. The van der Waals surface area contributed by atoms with E-state index in [-0.39, 0.29) is 18.1 Å². The molecule has 106 valence electrons. The van der Waals surface area contributed by atoms with Gasteiger partial charge in [-0.15, -0.1) is 0 Å².